The second kappa shape index (κ2) is 8.00. The van der Waals surface area contributed by atoms with Crippen LogP contribution in [0.1, 0.15) is 51.4 Å². The Balaban J connectivity index is 2.38. The molecule has 1 saturated heterocycles. The Morgan fingerprint density at radius 3 is 2.12 bits per heavy atom. The van der Waals surface area contributed by atoms with Crippen LogP contribution in [-0.2, 0) is 0 Å². The van der Waals surface area contributed by atoms with Gasteiger partial charge in [0.2, 0.25) is 0 Å². The zero-order valence-corrected chi connectivity index (χ0v) is 10.3. The summed E-state index contributed by atoms with van der Waals surface area (Å²) < 4.78 is 0. The van der Waals surface area contributed by atoms with Crippen molar-refractivity contribution >= 4 is 0 Å². The van der Waals surface area contributed by atoms with E-state index >= 15 is 0 Å². The van der Waals surface area contributed by atoms with Crippen molar-refractivity contribution < 1.29 is 20.4 Å². The van der Waals surface area contributed by atoms with Crippen LogP contribution in [0.15, 0.2) is 0 Å². The largest absolute Gasteiger partial charge is 0.396 e. The zero-order chi connectivity index (χ0) is 12.7. The van der Waals surface area contributed by atoms with Gasteiger partial charge in [0.15, 0.2) is 0 Å². The number of hydrogen-bond acceptors (Lipinski definition) is 5. The molecule has 1 aliphatic rings. The Morgan fingerprint density at radius 2 is 1.59 bits per heavy atom. The van der Waals surface area contributed by atoms with Crippen molar-refractivity contribution in [3.05, 3.63) is 0 Å². The molecule has 1 fully saturated rings. The van der Waals surface area contributed by atoms with Gasteiger partial charge in [0.1, 0.15) is 18.7 Å². The lowest BCUT2D eigenvalue weighted by atomic mass is 10.1. The van der Waals surface area contributed by atoms with Crippen LogP contribution < -0.4 is 0 Å². The number of hydrogen-bond donors (Lipinski definition) is 4. The van der Waals surface area contributed by atoms with Crippen LogP contribution in [0.3, 0.4) is 0 Å². The molecule has 1 aliphatic heterocycles. The fourth-order valence-corrected chi connectivity index (χ4v) is 2.31. The summed E-state index contributed by atoms with van der Waals surface area (Å²) in [5, 5.41) is 38.3. The summed E-state index contributed by atoms with van der Waals surface area (Å²) >= 11 is 0. The van der Waals surface area contributed by atoms with Gasteiger partial charge >= 0.3 is 0 Å². The fourth-order valence-electron chi connectivity index (χ4n) is 2.31. The topological polar surface area (TPSA) is 84.2 Å². The highest BCUT2D eigenvalue weighted by atomic mass is 16.4. The highest BCUT2D eigenvalue weighted by Crippen LogP contribution is 2.23. The molecule has 0 bridgehead atoms. The first-order valence-corrected chi connectivity index (χ1v) is 6.59. The van der Waals surface area contributed by atoms with Gasteiger partial charge < -0.3 is 20.4 Å². The van der Waals surface area contributed by atoms with E-state index in [1.165, 1.54) is 4.90 Å². The molecule has 0 saturated carbocycles. The monoisotopic (exact) mass is 247 g/mol. The van der Waals surface area contributed by atoms with Crippen molar-refractivity contribution in [1.82, 2.24) is 4.90 Å². The zero-order valence-electron chi connectivity index (χ0n) is 10.3. The molecule has 3 atom stereocenters. The number of aliphatic hydroxyl groups excluding tert-OH is 4. The van der Waals surface area contributed by atoms with Crippen LogP contribution >= 0.6 is 0 Å². The van der Waals surface area contributed by atoms with E-state index in [-0.39, 0.29) is 6.61 Å². The van der Waals surface area contributed by atoms with Crippen LogP contribution in [0.2, 0.25) is 0 Å². The molecule has 0 amide bonds. The van der Waals surface area contributed by atoms with E-state index < -0.39 is 18.7 Å². The van der Waals surface area contributed by atoms with Crippen molar-refractivity contribution in [2.45, 2.75) is 70.1 Å². The summed E-state index contributed by atoms with van der Waals surface area (Å²) in [5.74, 6) is 0. The number of rotatable bonds is 6. The average Bonchev–Trinajstić information content (AvgIpc) is 2.46. The summed E-state index contributed by atoms with van der Waals surface area (Å²) in [6.45, 7) is 0.172. The maximum atomic E-state index is 9.98. The number of likely N-dealkylation sites (tertiary alicyclic amines) is 1. The van der Waals surface area contributed by atoms with E-state index in [1.54, 1.807) is 0 Å². The lowest BCUT2D eigenvalue weighted by Crippen LogP contribution is -2.48. The summed E-state index contributed by atoms with van der Waals surface area (Å²) in [6, 6.07) is 0. The molecule has 1 rings (SSSR count). The Labute approximate surface area is 103 Å². The quantitative estimate of drug-likeness (QED) is 0.510. The molecule has 5 heteroatoms. The minimum Gasteiger partial charge on any atom is -0.396 e. The molecule has 4 N–H and O–H groups in total. The predicted octanol–water partition coefficient (Wildman–Crippen LogP) is 0.370. The predicted molar refractivity (Wildman–Crippen MR) is 63.9 cm³/mol. The van der Waals surface area contributed by atoms with E-state index in [9.17, 15) is 15.3 Å². The van der Waals surface area contributed by atoms with Gasteiger partial charge in [-0.15, -0.1) is 0 Å². The molecular weight excluding hydrogens is 222 g/mol. The molecule has 5 nitrogen and oxygen atoms in total. The van der Waals surface area contributed by atoms with Gasteiger partial charge in [-0.25, -0.2) is 4.90 Å². The average molecular weight is 247 g/mol. The van der Waals surface area contributed by atoms with E-state index in [0.717, 1.165) is 32.1 Å². The highest BCUT2D eigenvalue weighted by molar-refractivity contribution is 4.73. The van der Waals surface area contributed by atoms with Crippen LogP contribution in [0.5, 0.6) is 0 Å². The third kappa shape index (κ3) is 4.89. The minimum absolute atomic E-state index is 0.172. The maximum absolute atomic E-state index is 9.98. The molecule has 17 heavy (non-hydrogen) atoms. The molecular formula is C12H25NO4. The van der Waals surface area contributed by atoms with Gasteiger partial charge in [-0.2, -0.15) is 0 Å². The van der Waals surface area contributed by atoms with Crippen molar-refractivity contribution in [3.8, 4) is 0 Å². The standard InChI is InChI=1S/C12H25NO4/c14-9-5-1-2-6-10(15)13-11(16)7-3-4-8-12(13)17/h10-12,14-17H,1-9H2. The third-order valence-corrected chi connectivity index (χ3v) is 3.33. The molecule has 0 aromatic carbocycles. The molecule has 1 heterocycles. The third-order valence-electron chi connectivity index (χ3n) is 3.33. The Bertz CT molecular complexity index is 191. The van der Waals surface area contributed by atoms with Crippen molar-refractivity contribution in [2.75, 3.05) is 6.61 Å². The van der Waals surface area contributed by atoms with E-state index in [1.807, 2.05) is 0 Å². The Kier molecular flexibility index (Phi) is 6.99. The second-order valence-electron chi connectivity index (χ2n) is 4.75. The van der Waals surface area contributed by atoms with Gasteiger partial charge in [-0.05, 0) is 44.9 Å². The summed E-state index contributed by atoms with van der Waals surface area (Å²) in [5.41, 5.74) is 0. The van der Waals surface area contributed by atoms with Crippen molar-refractivity contribution in [1.29, 1.82) is 0 Å². The molecule has 0 aliphatic carbocycles. The molecule has 0 radical (unpaired) electrons. The van der Waals surface area contributed by atoms with Gasteiger partial charge in [-0.3, -0.25) is 0 Å². The van der Waals surface area contributed by atoms with Crippen LogP contribution in [0.4, 0.5) is 0 Å². The first-order valence-electron chi connectivity index (χ1n) is 6.59. The summed E-state index contributed by atoms with van der Waals surface area (Å²) in [6.07, 6.45) is 3.57. The molecule has 3 unspecified atom stereocenters. The minimum atomic E-state index is -0.795. The molecule has 0 spiro atoms. The van der Waals surface area contributed by atoms with Crippen LogP contribution in [0.25, 0.3) is 0 Å². The van der Waals surface area contributed by atoms with Crippen molar-refractivity contribution in [3.63, 3.8) is 0 Å². The first kappa shape index (κ1) is 14.9. The first-order chi connectivity index (χ1) is 8.16. The van der Waals surface area contributed by atoms with Gasteiger partial charge in [-0.1, -0.05) is 6.42 Å². The van der Waals surface area contributed by atoms with Gasteiger partial charge in [0, 0.05) is 6.61 Å². The Hall–Kier alpha value is -0.200. The number of aliphatic hydroxyl groups is 4. The summed E-state index contributed by atoms with van der Waals surface area (Å²) in [7, 11) is 0. The lowest BCUT2D eigenvalue weighted by molar-refractivity contribution is -0.177. The fraction of sp³-hybridized carbons (Fsp3) is 1.00. The summed E-state index contributed by atoms with van der Waals surface area (Å²) in [4.78, 5) is 1.41. The highest BCUT2D eigenvalue weighted by Gasteiger charge is 2.30. The SMILES string of the molecule is OCCCCCC(O)N1C(O)CCCCC1O. The van der Waals surface area contributed by atoms with Crippen LogP contribution in [0, 0.1) is 0 Å². The second-order valence-corrected chi connectivity index (χ2v) is 4.75. The molecule has 102 valence electrons. The van der Waals surface area contributed by atoms with Gasteiger partial charge in [0.05, 0.1) is 0 Å². The van der Waals surface area contributed by atoms with Crippen LogP contribution in [-0.4, -0.2) is 50.6 Å². The van der Waals surface area contributed by atoms with Crippen molar-refractivity contribution in [2.24, 2.45) is 0 Å². The smallest absolute Gasteiger partial charge is 0.111 e. The van der Waals surface area contributed by atoms with E-state index in [4.69, 9.17) is 5.11 Å². The molecule has 0 aromatic rings. The number of nitrogens with zero attached hydrogens (tertiary/aromatic N) is 1. The Morgan fingerprint density at radius 1 is 1.00 bits per heavy atom. The maximum Gasteiger partial charge on any atom is 0.111 e. The normalized spacial score (nSPS) is 28.9. The van der Waals surface area contributed by atoms with E-state index in [2.05, 4.69) is 0 Å². The van der Waals surface area contributed by atoms with Gasteiger partial charge in [0.25, 0.3) is 0 Å². The molecule has 0 aromatic heterocycles. The lowest BCUT2D eigenvalue weighted by Gasteiger charge is -2.34. The van der Waals surface area contributed by atoms with E-state index in [0.29, 0.717) is 19.3 Å². The number of unbranched alkanes of at least 4 members (excludes halogenated alkanes) is 2.